The molecule has 0 aromatic heterocycles. The molecule has 1 heterocycles. The van der Waals surface area contributed by atoms with Crippen LogP contribution in [-0.4, -0.2) is 18.2 Å². The minimum absolute atomic E-state index is 0.156. The number of rotatable bonds is 5. The number of anilines is 1. The molecule has 0 radical (unpaired) electrons. The average molecular weight is 459 g/mol. The predicted molar refractivity (Wildman–Crippen MR) is 124 cm³/mol. The summed E-state index contributed by atoms with van der Waals surface area (Å²) >= 11 is 3.42. The van der Waals surface area contributed by atoms with Crippen LogP contribution in [0.25, 0.3) is 5.57 Å². The molecule has 1 aliphatic rings. The van der Waals surface area contributed by atoms with Crippen molar-refractivity contribution in [3.63, 3.8) is 0 Å². The van der Waals surface area contributed by atoms with Gasteiger partial charge >= 0.3 is 0 Å². The van der Waals surface area contributed by atoms with Gasteiger partial charge in [0.2, 0.25) is 0 Å². The Labute approximate surface area is 183 Å². The first-order valence-electron chi connectivity index (χ1n) is 9.50. The van der Waals surface area contributed by atoms with Crippen LogP contribution in [0.3, 0.4) is 0 Å². The Morgan fingerprint density at radius 1 is 0.933 bits per heavy atom. The maximum Gasteiger partial charge on any atom is 0.280 e. The molecule has 0 atom stereocenters. The molecule has 0 aliphatic carbocycles. The first-order valence-corrected chi connectivity index (χ1v) is 10.3. The number of azo groups is 1. The van der Waals surface area contributed by atoms with Crippen LogP contribution < -0.4 is 5.01 Å². The lowest BCUT2D eigenvalue weighted by atomic mass is 9.97. The van der Waals surface area contributed by atoms with Gasteiger partial charge in [-0.15, -0.1) is 0 Å². The van der Waals surface area contributed by atoms with Crippen molar-refractivity contribution in [1.82, 2.24) is 0 Å². The number of hydrazone groups is 1. The molecule has 0 bridgehead atoms. The van der Waals surface area contributed by atoms with Crippen molar-refractivity contribution in [3.8, 4) is 0 Å². The highest BCUT2D eigenvalue weighted by molar-refractivity contribution is 9.10. The Morgan fingerprint density at radius 2 is 1.57 bits per heavy atom. The molecule has 6 heteroatoms. The van der Waals surface area contributed by atoms with Gasteiger partial charge in [0.05, 0.1) is 29.2 Å². The molecule has 0 N–H and O–H groups in total. The number of amides is 1. The quantitative estimate of drug-likeness (QED) is 0.321. The average Bonchev–Trinajstić information content (AvgIpc) is 3.08. The van der Waals surface area contributed by atoms with Crippen LogP contribution in [0.15, 0.2) is 110 Å². The summed E-state index contributed by atoms with van der Waals surface area (Å²) in [6, 6.07) is 26.8. The Morgan fingerprint density at radius 3 is 2.23 bits per heavy atom. The van der Waals surface area contributed by atoms with Crippen molar-refractivity contribution in [3.05, 3.63) is 101 Å². The fourth-order valence-electron chi connectivity index (χ4n) is 3.25. The zero-order valence-electron chi connectivity index (χ0n) is 16.4. The lowest BCUT2D eigenvalue weighted by Gasteiger charge is -2.13. The smallest absolute Gasteiger partial charge is 0.267 e. The zero-order chi connectivity index (χ0) is 20.9. The van der Waals surface area contributed by atoms with E-state index in [0.29, 0.717) is 11.3 Å². The summed E-state index contributed by atoms with van der Waals surface area (Å²) in [6.07, 6.45) is 0. The highest BCUT2D eigenvalue weighted by atomic mass is 79.9. The van der Waals surface area contributed by atoms with Crippen LogP contribution in [0.4, 0.5) is 11.4 Å². The molecule has 1 amide bonds. The highest BCUT2D eigenvalue weighted by Gasteiger charge is 2.31. The van der Waals surface area contributed by atoms with Gasteiger partial charge < -0.3 is 0 Å². The summed E-state index contributed by atoms with van der Waals surface area (Å²) in [5, 5.41) is 14.7. The van der Waals surface area contributed by atoms with Crippen molar-refractivity contribution in [2.75, 3.05) is 11.6 Å². The number of carbonyl (C=O) groups excluding carboxylic acids is 1. The summed E-state index contributed by atoms with van der Waals surface area (Å²) in [7, 11) is 0. The van der Waals surface area contributed by atoms with Gasteiger partial charge in [-0.2, -0.15) is 20.3 Å². The third kappa shape index (κ3) is 4.28. The van der Waals surface area contributed by atoms with Gasteiger partial charge in [0.15, 0.2) is 0 Å². The van der Waals surface area contributed by atoms with Crippen molar-refractivity contribution in [2.24, 2.45) is 15.3 Å². The van der Waals surface area contributed by atoms with Crippen LogP contribution in [-0.2, 0) is 4.79 Å². The van der Waals surface area contributed by atoms with E-state index in [0.717, 1.165) is 27.0 Å². The predicted octanol–water partition coefficient (Wildman–Crippen LogP) is 6.41. The molecule has 0 saturated carbocycles. The molecule has 0 spiro atoms. The van der Waals surface area contributed by atoms with Gasteiger partial charge in [-0.3, -0.25) is 4.79 Å². The topological polar surface area (TPSA) is 57.4 Å². The van der Waals surface area contributed by atoms with Gasteiger partial charge in [-0.1, -0.05) is 64.5 Å². The second-order valence-electron chi connectivity index (χ2n) is 6.73. The molecule has 148 valence electrons. The first kappa shape index (κ1) is 19.9. The van der Waals surface area contributed by atoms with E-state index in [4.69, 9.17) is 0 Å². The van der Waals surface area contributed by atoms with E-state index in [9.17, 15) is 4.79 Å². The minimum atomic E-state index is -0.156. The lowest BCUT2D eigenvalue weighted by molar-refractivity contribution is -0.114. The molecule has 0 fully saturated rings. The van der Waals surface area contributed by atoms with Crippen LogP contribution in [0.1, 0.15) is 12.5 Å². The number of benzene rings is 3. The molecule has 3 aromatic rings. The van der Waals surface area contributed by atoms with E-state index in [1.165, 1.54) is 5.01 Å². The summed E-state index contributed by atoms with van der Waals surface area (Å²) in [5.74, 6) is -0.156. The molecule has 3 aromatic carbocycles. The molecule has 0 unspecified atom stereocenters. The zero-order valence-corrected chi connectivity index (χ0v) is 18.0. The van der Waals surface area contributed by atoms with Crippen LogP contribution in [0, 0.1) is 0 Å². The van der Waals surface area contributed by atoms with Gasteiger partial charge in [0.25, 0.3) is 5.91 Å². The third-order valence-electron chi connectivity index (χ3n) is 4.68. The summed E-state index contributed by atoms with van der Waals surface area (Å²) in [4.78, 5) is 13.3. The summed E-state index contributed by atoms with van der Waals surface area (Å²) in [5.41, 5.74) is 4.47. The van der Waals surface area contributed by atoms with E-state index < -0.39 is 0 Å². The summed E-state index contributed by atoms with van der Waals surface area (Å²) in [6.45, 7) is 2.13. The van der Waals surface area contributed by atoms with Gasteiger partial charge in [-0.25, -0.2) is 0 Å². The minimum Gasteiger partial charge on any atom is -0.267 e. The molecule has 30 heavy (non-hydrogen) atoms. The number of nitrogens with zero attached hydrogens (tertiary/aromatic N) is 4. The third-order valence-corrected chi connectivity index (χ3v) is 5.21. The Kier molecular flexibility index (Phi) is 5.95. The number of halogens is 1. The lowest BCUT2D eigenvalue weighted by Crippen LogP contribution is -2.22. The van der Waals surface area contributed by atoms with Gasteiger partial charge in [-0.05, 0) is 54.5 Å². The monoisotopic (exact) mass is 458 g/mol. The van der Waals surface area contributed by atoms with Crippen LogP contribution in [0.5, 0.6) is 0 Å². The molecular weight excluding hydrogens is 440 g/mol. The van der Waals surface area contributed by atoms with E-state index in [-0.39, 0.29) is 12.5 Å². The van der Waals surface area contributed by atoms with E-state index in [2.05, 4.69) is 31.3 Å². The summed E-state index contributed by atoms with van der Waals surface area (Å²) < 4.78 is 0.984. The van der Waals surface area contributed by atoms with Crippen LogP contribution >= 0.6 is 15.9 Å². The van der Waals surface area contributed by atoms with Crippen molar-refractivity contribution < 1.29 is 4.79 Å². The molecular formula is C24H19BrN4O. The van der Waals surface area contributed by atoms with E-state index in [1.807, 2.05) is 91.9 Å². The standard InChI is InChI=1S/C24H19BrN4O/c1-17-23(24(30)29(28-17)21-10-6-3-7-11-21)22(18-8-4-2-5-9-18)16-26-27-20-14-12-19(25)13-15-20/h2-15H,16H2,1H3/b23-22+,27-26?. The van der Waals surface area contributed by atoms with E-state index in [1.54, 1.807) is 0 Å². The number of para-hydroxylation sites is 1. The molecule has 1 aliphatic heterocycles. The SMILES string of the molecule is CC1=NN(c2ccccc2)C(=O)/C1=C(\CN=Nc1ccc(Br)cc1)c1ccccc1. The molecule has 5 nitrogen and oxygen atoms in total. The van der Waals surface area contributed by atoms with Crippen molar-refractivity contribution in [2.45, 2.75) is 6.92 Å². The highest BCUT2D eigenvalue weighted by Crippen LogP contribution is 2.29. The fourth-order valence-corrected chi connectivity index (χ4v) is 3.51. The normalized spacial score (nSPS) is 15.6. The molecule has 0 saturated heterocycles. The maximum atomic E-state index is 13.3. The Bertz CT molecular complexity index is 1140. The Balaban J connectivity index is 1.70. The second kappa shape index (κ2) is 8.97. The number of hydrogen-bond donors (Lipinski definition) is 0. The van der Waals surface area contributed by atoms with E-state index >= 15 is 0 Å². The first-order chi connectivity index (χ1) is 14.6. The van der Waals surface area contributed by atoms with Crippen LogP contribution in [0.2, 0.25) is 0 Å². The number of hydrogen-bond acceptors (Lipinski definition) is 4. The largest absolute Gasteiger partial charge is 0.280 e. The van der Waals surface area contributed by atoms with Gasteiger partial charge in [0.1, 0.15) is 0 Å². The fraction of sp³-hybridized carbons (Fsp3) is 0.0833. The van der Waals surface area contributed by atoms with Gasteiger partial charge in [0, 0.05) is 4.47 Å². The maximum absolute atomic E-state index is 13.3. The second-order valence-corrected chi connectivity index (χ2v) is 7.65. The Hall–Kier alpha value is -3.38. The van der Waals surface area contributed by atoms with Crippen molar-refractivity contribution >= 4 is 44.5 Å². The van der Waals surface area contributed by atoms with Crippen molar-refractivity contribution in [1.29, 1.82) is 0 Å². The number of carbonyl (C=O) groups is 1. The molecule has 4 rings (SSSR count).